The van der Waals surface area contributed by atoms with Crippen molar-refractivity contribution in [2.24, 2.45) is 0 Å². The van der Waals surface area contributed by atoms with E-state index in [0.29, 0.717) is 6.54 Å². The lowest BCUT2D eigenvalue weighted by Gasteiger charge is -2.31. The van der Waals surface area contributed by atoms with E-state index in [1.807, 2.05) is 0 Å². The van der Waals surface area contributed by atoms with Crippen molar-refractivity contribution in [2.75, 3.05) is 6.54 Å². The molecule has 0 aromatic heterocycles. The number of nitrogens with one attached hydrogen (secondary N) is 1. The minimum Gasteiger partial charge on any atom is -0.388 e. The maximum Gasteiger partial charge on any atom is 0.243 e. The monoisotopic (exact) mass is 183 g/mol. The standard InChI is InChI=1S/C10H17NO2/c1-2-9(12)11-8-10(13)6-4-3-5-7-10/h2,13H,1,3-8H2,(H,11,12). The van der Waals surface area contributed by atoms with Crippen LogP contribution in [0.5, 0.6) is 0 Å². The van der Waals surface area contributed by atoms with Gasteiger partial charge in [0.25, 0.3) is 0 Å². The second kappa shape index (κ2) is 4.42. The van der Waals surface area contributed by atoms with Crippen molar-refractivity contribution in [2.45, 2.75) is 37.7 Å². The van der Waals surface area contributed by atoms with Gasteiger partial charge in [-0.05, 0) is 18.9 Å². The molecule has 0 aromatic carbocycles. The fourth-order valence-corrected chi connectivity index (χ4v) is 1.71. The van der Waals surface area contributed by atoms with Crippen LogP contribution in [0, 0.1) is 0 Å². The van der Waals surface area contributed by atoms with Gasteiger partial charge in [0.15, 0.2) is 0 Å². The van der Waals surface area contributed by atoms with E-state index in [2.05, 4.69) is 11.9 Å². The molecule has 1 rings (SSSR count). The van der Waals surface area contributed by atoms with Gasteiger partial charge in [-0.25, -0.2) is 0 Å². The Balaban J connectivity index is 2.32. The number of carbonyl (C=O) groups excluding carboxylic acids is 1. The zero-order valence-electron chi connectivity index (χ0n) is 7.88. The van der Waals surface area contributed by atoms with Crippen LogP contribution in [0.4, 0.5) is 0 Å². The Bertz CT molecular complexity index is 195. The van der Waals surface area contributed by atoms with E-state index >= 15 is 0 Å². The number of aliphatic hydroxyl groups is 1. The molecule has 0 aromatic rings. The third-order valence-electron chi connectivity index (χ3n) is 2.56. The SMILES string of the molecule is C=CC(=O)NCC1(O)CCCCC1. The van der Waals surface area contributed by atoms with Crippen LogP contribution in [0.3, 0.4) is 0 Å². The molecule has 3 nitrogen and oxygen atoms in total. The molecule has 0 heterocycles. The molecule has 1 fully saturated rings. The van der Waals surface area contributed by atoms with Gasteiger partial charge in [-0.3, -0.25) is 4.79 Å². The van der Waals surface area contributed by atoms with Gasteiger partial charge < -0.3 is 10.4 Å². The third kappa shape index (κ3) is 3.19. The average Bonchev–Trinajstić information content (AvgIpc) is 2.15. The summed E-state index contributed by atoms with van der Waals surface area (Å²) in [7, 11) is 0. The summed E-state index contributed by atoms with van der Waals surface area (Å²) >= 11 is 0. The van der Waals surface area contributed by atoms with Gasteiger partial charge in [-0.2, -0.15) is 0 Å². The minimum absolute atomic E-state index is 0.209. The Labute approximate surface area is 78.8 Å². The largest absolute Gasteiger partial charge is 0.388 e. The van der Waals surface area contributed by atoms with Crippen molar-refractivity contribution in [1.29, 1.82) is 0 Å². The van der Waals surface area contributed by atoms with E-state index in [0.717, 1.165) is 25.7 Å². The van der Waals surface area contributed by atoms with Crippen LogP contribution in [0.2, 0.25) is 0 Å². The normalized spacial score (nSPS) is 20.7. The summed E-state index contributed by atoms with van der Waals surface area (Å²) in [6.07, 6.45) is 6.12. The molecular formula is C10H17NO2. The summed E-state index contributed by atoms with van der Waals surface area (Å²) in [5.41, 5.74) is -0.670. The molecule has 1 aliphatic rings. The van der Waals surface area contributed by atoms with Crippen molar-refractivity contribution in [3.63, 3.8) is 0 Å². The lowest BCUT2D eigenvalue weighted by Crippen LogP contribution is -2.43. The second-order valence-corrected chi connectivity index (χ2v) is 3.71. The lowest BCUT2D eigenvalue weighted by molar-refractivity contribution is -0.118. The maximum atomic E-state index is 10.9. The summed E-state index contributed by atoms with van der Waals surface area (Å²) in [5.74, 6) is -0.209. The fourth-order valence-electron chi connectivity index (χ4n) is 1.71. The Morgan fingerprint density at radius 3 is 2.62 bits per heavy atom. The number of amides is 1. The van der Waals surface area contributed by atoms with Crippen LogP contribution in [-0.2, 0) is 4.79 Å². The first kappa shape index (κ1) is 10.3. The predicted molar refractivity (Wildman–Crippen MR) is 51.2 cm³/mol. The highest BCUT2D eigenvalue weighted by Gasteiger charge is 2.28. The van der Waals surface area contributed by atoms with E-state index < -0.39 is 5.60 Å². The first-order valence-electron chi connectivity index (χ1n) is 4.79. The second-order valence-electron chi connectivity index (χ2n) is 3.71. The van der Waals surface area contributed by atoms with Crippen LogP contribution >= 0.6 is 0 Å². The van der Waals surface area contributed by atoms with Gasteiger partial charge in [0, 0.05) is 6.54 Å². The minimum atomic E-state index is -0.670. The van der Waals surface area contributed by atoms with Crippen LogP contribution in [0.1, 0.15) is 32.1 Å². The van der Waals surface area contributed by atoms with E-state index in [1.54, 1.807) is 0 Å². The van der Waals surface area contributed by atoms with Crippen molar-refractivity contribution >= 4 is 5.91 Å². The van der Waals surface area contributed by atoms with E-state index in [1.165, 1.54) is 12.5 Å². The van der Waals surface area contributed by atoms with E-state index in [-0.39, 0.29) is 5.91 Å². The Morgan fingerprint density at radius 1 is 1.46 bits per heavy atom. The molecule has 0 bridgehead atoms. The molecule has 1 saturated carbocycles. The third-order valence-corrected chi connectivity index (χ3v) is 2.56. The quantitative estimate of drug-likeness (QED) is 0.641. The van der Waals surface area contributed by atoms with Crippen LogP contribution in [0.25, 0.3) is 0 Å². The van der Waals surface area contributed by atoms with Crippen LogP contribution < -0.4 is 5.32 Å². The molecule has 0 saturated heterocycles. The first-order valence-corrected chi connectivity index (χ1v) is 4.79. The molecule has 74 valence electrons. The average molecular weight is 183 g/mol. The fraction of sp³-hybridized carbons (Fsp3) is 0.700. The van der Waals surface area contributed by atoms with Gasteiger partial charge in [-0.15, -0.1) is 0 Å². The highest BCUT2D eigenvalue weighted by atomic mass is 16.3. The molecular weight excluding hydrogens is 166 g/mol. The molecule has 0 radical (unpaired) electrons. The Kier molecular flexibility index (Phi) is 3.48. The zero-order valence-corrected chi connectivity index (χ0v) is 7.88. The Morgan fingerprint density at radius 2 is 2.08 bits per heavy atom. The predicted octanol–water partition coefficient (Wildman–Crippen LogP) is 0.984. The molecule has 0 atom stereocenters. The van der Waals surface area contributed by atoms with Gasteiger partial charge >= 0.3 is 0 Å². The summed E-state index contributed by atoms with van der Waals surface area (Å²) in [4.78, 5) is 10.9. The number of rotatable bonds is 3. The Hall–Kier alpha value is -0.830. The maximum absolute atomic E-state index is 10.9. The molecule has 0 unspecified atom stereocenters. The van der Waals surface area contributed by atoms with Gasteiger partial charge in [0.05, 0.1) is 5.60 Å². The van der Waals surface area contributed by atoms with E-state index in [4.69, 9.17) is 0 Å². The molecule has 2 N–H and O–H groups in total. The summed E-state index contributed by atoms with van der Waals surface area (Å²) < 4.78 is 0. The summed E-state index contributed by atoms with van der Waals surface area (Å²) in [6, 6.07) is 0. The van der Waals surface area contributed by atoms with Crippen molar-refractivity contribution in [3.05, 3.63) is 12.7 Å². The van der Waals surface area contributed by atoms with Crippen LogP contribution in [-0.4, -0.2) is 23.2 Å². The smallest absolute Gasteiger partial charge is 0.243 e. The lowest BCUT2D eigenvalue weighted by atomic mass is 9.85. The molecule has 0 aliphatic heterocycles. The number of hydrogen-bond acceptors (Lipinski definition) is 2. The van der Waals surface area contributed by atoms with Crippen LogP contribution in [0.15, 0.2) is 12.7 Å². The molecule has 0 spiro atoms. The zero-order chi connectivity index (χ0) is 9.73. The first-order chi connectivity index (χ1) is 6.16. The van der Waals surface area contributed by atoms with Crippen molar-refractivity contribution in [3.8, 4) is 0 Å². The molecule has 3 heteroatoms. The van der Waals surface area contributed by atoms with Gasteiger partial charge in [0.1, 0.15) is 0 Å². The molecule has 13 heavy (non-hydrogen) atoms. The van der Waals surface area contributed by atoms with Crippen molar-refractivity contribution < 1.29 is 9.90 Å². The summed E-state index contributed by atoms with van der Waals surface area (Å²) in [6.45, 7) is 3.71. The van der Waals surface area contributed by atoms with Gasteiger partial charge in [0.2, 0.25) is 5.91 Å². The molecule has 1 amide bonds. The highest BCUT2D eigenvalue weighted by molar-refractivity contribution is 5.86. The molecule has 1 aliphatic carbocycles. The summed E-state index contributed by atoms with van der Waals surface area (Å²) in [5, 5.41) is 12.6. The topological polar surface area (TPSA) is 49.3 Å². The highest BCUT2D eigenvalue weighted by Crippen LogP contribution is 2.27. The van der Waals surface area contributed by atoms with Gasteiger partial charge in [-0.1, -0.05) is 25.8 Å². The van der Waals surface area contributed by atoms with E-state index in [9.17, 15) is 9.90 Å². The number of carbonyl (C=O) groups is 1. The van der Waals surface area contributed by atoms with Crippen molar-refractivity contribution in [1.82, 2.24) is 5.32 Å². The number of hydrogen-bond donors (Lipinski definition) is 2.